The zero-order chi connectivity index (χ0) is 9.23. The fourth-order valence-corrected chi connectivity index (χ4v) is 1.16. The van der Waals surface area contributed by atoms with E-state index in [0.717, 1.165) is 0 Å². The molecule has 0 saturated heterocycles. The zero-order valence-electron chi connectivity index (χ0n) is 7.37. The molecule has 0 aliphatic carbocycles. The Bertz CT molecular complexity index is 148. The van der Waals surface area contributed by atoms with Crippen molar-refractivity contribution in [3.8, 4) is 0 Å². The van der Waals surface area contributed by atoms with Crippen LogP contribution in [0.5, 0.6) is 0 Å². The Morgan fingerprint density at radius 3 is 1.82 bits per heavy atom. The van der Waals surface area contributed by atoms with Crippen molar-refractivity contribution in [1.29, 1.82) is 0 Å². The number of aliphatic carboxylic acids is 1. The van der Waals surface area contributed by atoms with Crippen LogP contribution in [0.2, 0.25) is 0 Å². The summed E-state index contributed by atoms with van der Waals surface area (Å²) in [4.78, 5) is 10.5. The van der Waals surface area contributed by atoms with Gasteiger partial charge >= 0.3 is 0 Å². The predicted molar refractivity (Wildman–Crippen MR) is 38.5 cm³/mol. The molecule has 0 amide bonds. The van der Waals surface area contributed by atoms with E-state index < -0.39 is 18.1 Å². The van der Waals surface area contributed by atoms with E-state index in [0.29, 0.717) is 0 Å². The second-order valence-electron chi connectivity index (χ2n) is 3.62. The van der Waals surface area contributed by atoms with Crippen molar-refractivity contribution in [3.63, 3.8) is 0 Å². The molecule has 0 aromatic rings. The Morgan fingerprint density at radius 1 is 1.45 bits per heavy atom. The lowest BCUT2D eigenvalue weighted by molar-refractivity contribution is -0.892. The molecule has 0 fully saturated rings. The molecular weight excluding hydrogens is 146 g/mol. The SMILES string of the molecule is C[C@H](O)[C@@H](C(=O)[O-])[N+](C)(C)C. The number of quaternary nitrogens is 1. The van der Waals surface area contributed by atoms with Gasteiger partial charge in [0.2, 0.25) is 0 Å². The van der Waals surface area contributed by atoms with Crippen LogP contribution in [0.4, 0.5) is 0 Å². The smallest absolute Gasteiger partial charge is 0.154 e. The van der Waals surface area contributed by atoms with E-state index >= 15 is 0 Å². The Hall–Kier alpha value is -0.610. The van der Waals surface area contributed by atoms with Gasteiger partial charge in [-0.25, -0.2) is 0 Å². The third-order valence-corrected chi connectivity index (χ3v) is 1.53. The number of hydrogen-bond donors (Lipinski definition) is 1. The minimum atomic E-state index is -1.22. The van der Waals surface area contributed by atoms with Crippen LogP contribution < -0.4 is 5.11 Å². The summed E-state index contributed by atoms with van der Waals surface area (Å²) >= 11 is 0. The summed E-state index contributed by atoms with van der Waals surface area (Å²) in [6, 6.07) is -0.866. The Balaban J connectivity index is 4.49. The molecule has 0 aromatic heterocycles. The third kappa shape index (κ3) is 2.86. The van der Waals surface area contributed by atoms with Crippen molar-refractivity contribution in [2.24, 2.45) is 0 Å². The van der Waals surface area contributed by atoms with E-state index in [-0.39, 0.29) is 4.48 Å². The van der Waals surface area contributed by atoms with Crippen LogP contribution in [-0.4, -0.2) is 48.8 Å². The Morgan fingerprint density at radius 2 is 1.82 bits per heavy atom. The van der Waals surface area contributed by atoms with E-state index in [4.69, 9.17) is 5.11 Å². The van der Waals surface area contributed by atoms with E-state index in [1.807, 2.05) is 0 Å². The maximum Gasteiger partial charge on any atom is 0.154 e. The number of nitrogens with zero attached hydrogens (tertiary/aromatic N) is 1. The molecule has 0 radical (unpaired) electrons. The highest BCUT2D eigenvalue weighted by atomic mass is 16.4. The van der Waals surface area contributed by atoms with Gasteiger partial charge in [-0.2, -0.15) is 0 Å². The second-order valence-corrected chi connectivity index (χ2v) is 3.62. The summed E-state index contributed by atoms with van der Waals surface area (Å²) in [5, 5.41) is 19.6. The first kappa shape index (κ1) is 10.4. The minimum Gasteiger partial charge on any atom is -0.544 e. The van der Waals surface area contributed by atoms with E-state index in [1.165, 1.54) is 6.92 Å². The number of carbonyl (C=O) groups is 1. The number of aliphatic hydroxyl groups excluding tert-OH is 1. The lowest BCUT2D eigenvalue weighted by Crippen LogP contribution is -2.59. The van der Waals surface area contributed by atoms with E-state index in [2.05, 4.69) is 0 Å². The number of rotatable bonds is 3. The van der Waals surface area contributed by atoms with Crippen LogP contribution in [-0.2, 0) is 4.79 Å². The molecule has 2 atom stereocenters. The highest BCUT2D eigenvalue weighted by Gasteiger charge is 2.29. The van der Waals surface area contributed by atoms with Crippen LogP contribution in [0.3, 0.4) is 0 Å². The molecule has 4 heteroatoms. The van der Waals surface area contributed by atoms with Gasteiger partial charge in [0.25, 0.3) is 0 Å². The summed E-state index contributed by atoms with van der Waals surface area (Å²) < 4.78 is 0.167. The van der Waals surface area contributed by atoms with Gasteiger partial charge in [-0.15, -0.1) is 0 Å². The molecule has 0 rings (SSSR count). The van der Waals surface area contributed by atoms with Crippen molar-refractivity contribution in [1.82, 2.24) is 0 Å². The molecule has 66 valence electrons. The quantitative estimate of drug-likeness (QED) is 0.496. The summed E-state index contributed by atoms with van der Waals surface area (Å²) in [6.07, 6.45) is -0.889. The fraction of sp³-hybridized carbons (Fsp3) is 0.857. The fourth-order valence-electron chi connectivity index (χ4n) is 1.16. The maximum atomic E-state index is 10.5. The molecule has 0 heterocycles. The van der Waals surface area contributed by atoms with Gasteiger partial charge in [0.05, 0.1) is 21.1 Å². The monoisotopic (exact) mass is 161 g/mol. The molecule has 0 aliphatic heterocycles. The molecule has 0 unspecified atom stereocenters. The highest BCUT2D eigenvalue weighted by molar-refractivity contribution is 5.70. The van der Waals surface area contributed by atoms with Crippen molar-refractivity contribution >= 4 is 5.97 Å². The molecule has 0 saturated carbocycles. The minimum absolute atomic E-state index is 0.167. The van der Waals surface area contributed by atoms with Gasteiger partial charge in [0.1, 0.15) is 12.1 Å². The van der Waals surface area contributed by atoms with Gasteiger partial charge in [0.15, 0.2) is 6.04 Å². The molecule has 11 heavy (non-hydrogen) atoms. The summed E-state index contributed by atoms with van der Waals surface area (Å²) in [5.41, 5.74) is 0. The summed E-state index contributed by atoms with van der Waals surface area (Å²) in [5.74, 6) is -1.22. The van der Waals surface area contributed by atoms with Gasteiger partial charge in [-0.3, -0.25) is 0 Å². The lowest BCUT2D eigenvalue weighted by atomic mass is 10.1. The van der Waals surface area contributed by atoms with Gasteiger partial charge < -0.3 is 19.5 Å². The third-order valence-electron chi connectivity index (χ3n) is 1.53. The summed E-state index contributed by atoms with van der Waals surface area (Å²) in [7, 11) is 5.10. The van der Waals surface area contributed by atoms with E-state index in [1.54, 1.807) is 21.1 Å². The zero-order valence-corrected chi connectivity index (χ0v) is 7.37. The summed E-state index contributed by atoms with van der Waals surface area (Å²) in [6.45, 7) is 1.45. The first-order chi connectivity index (χ1) is 4.76. The molecule has 1 N–H and O–H groups in total. The number of carboxylic acids is 1. The van der Waals surface area contributed by atoms with Crippen molar-refractivity contribution in [2.75, 3.05) is 21.1 Å². The number of likely N-dealkylation sites (N-methyl/N-ethyl adjacent to an activating group) is 1. The van der Waals surface area contributed by atoms with Gasteiger partial charge in [0, 0.05) is 0 Å². The Kier molecular flexibility index (Phi) is 3.02. The van der Waals surface area contributed by atoms with Crippen molar-refractivity contribution in [2.45, 2.75) is 19.1 Å². The molecule has 4 nitrogen and oxygen atoms in total. The normalized spacial score (nSPS) is 17.5. The van der Waals surface area contributed by atoms with Crippen LogP contribution in [0.25, 0.3) is 0 Å². The average molecular weight is 161 g/mol. The van der Waals surface area contributed by atoms with Crippen LogP contribution in [0.1, 0.15) is 6.92 Å². The van der Waals surface area contributed by atoms with Gasteiger partial charge in [-0.05, 0) is 6.92 Å². The molecule has 0 aliphatic rings. The number of carbonyl (C=O) groups excluding carboxylic acids is 1. The highest BCUT2D eigenvalue weighted by Crippen LogP contribution is 2.06. The number of aliphatic hydroxyl groups is 1. The molecule has 0 bridgehead atoms. The second kappa shape index (κ2) is 3.19. The van der Waals surface area contributed by atoms with Crippen LogP contribution in [0.15, 0.2) is 0 Å². The predicted octanol–water partition coefficient (Wildman–Crippen LogP) is -1.81. The van der Waals surface area contributed by atoms with Gasteiger partial charge in [-0.1, -0.05) is 0 Å². The molecule has 0 aromatic carbocycles. The largest absolute Gasteiger partial charge is 0.544 e. The Labute approximate surface area is 66.6 Å². The van der Waals surface area contributed by atoms with Crippen molar-refractivity contribution in [3.05, 3.63) is 0 Å². The average Bonchev–Trinajstić information content (AvgIpc) is 1.54. The van der Waals surface area contributed by atoms with Crippen molar-refractivity contribution < 1.29 is 19.5 Å². The molecular formula is C7H15NO3. The van der Waals surface area contributed by atoms with Crippen LogP contribution >= 0.6 is 0 Å². The number of hydrogen-bond acceptors (Lipinski definition) is 3. The topological polar surface area (TPSA) is 60.4 Å². The first-order valence-corrected chi connectivity index (χ1v) is 3.47. The number of carboxylic acid groups (broad SMARTS) is 1. The van der Waals surface area contributed by atoms with Crippen LogP contribution in [0, 0.1) is 0 Å². The maximum absolute atomic E-state index is 10.5. The molecule has 0 spiro atoms. The van der Waals surface area contributed by atoms with E-state index in [9.17, 15) is 9.90 Å². The first-order valence-electron chi connectivity index (χ1n) is 3.47. The lowest BCUT2D eigenvalue weighted by Gasteiger charge is -2.36. The standard InChI is InChI=1S/C7H15NO3/c1-5(9)6(7(10)11)8(2,3)4/h5-6,9H,1-4H3/t5-,6-/m0/s1.